The summed E-state index contributed by atoms with van der Waals surface area (Å²) in [6, 6.07) is 149. The number of nitrogens with one attached hydrogen (secondary N) is 1. The van der Waals surface area contributed by atoms with Gasteiger partial charge in [-0.15, -0.1) is 0 Å². The summed E-state index contributed by atoms with van der Waals surface area (Å²) >= 11 is 15.4. The molecule has 1 N–H and O–H groups in total. The molecule has 0 bridgehead atoms. The Balaban J connectivity index is 0.000000143. The average molecular weight is 1940 g/mol. The van der Waals surface area contributed by atoms with E-state index in [1.165, 1.54) is 68.3 Å². The van der Waals surface area contributed by atoms with Crippen molar-refractivity contribution < 1.29 is 39.3 Å². The van der Waals surface area contributed by atoms with E-state index in [0.717, 1.165) is 42.9 Å². The monoisotopic (exact) mass is 1930 g/mol. The van der Waals surface area contributed by atoms with Gasteiger partial charge in [0, 0.05) is 59.1 Å². The number of aromatic nitrogens is 6. The van der Waals surface area contributed by atoms with Gasteiger partial charge in [0.25, 0.3) is 0 Å². The Labute approximate surface area is 785 Å². The third-order valence-corrected chi connectivity index (χ3v) is 31.0. The van der Waals surface area contributed by atoms with Crippen LogP contribution in [-0.2, 0) is 34.5 Å². The Morgan fingerprint density at radius 2 is 0.677 bits per heavy atom. The molecule has 0 spiro atoms. The second-order valence-electron chi connectivity index (χ2n) is 30.6. The number of pyridine rings is 2. The van der Waals surface area contributed by atoms with Crippen LogP contribution in [0.3, 0.4) is 0 Å². The molecule has 19 rings (SSSR count). The van der Waals surface area contributed by atoms with E-state index in [-0.39, 0.29) is 39.1 Å². The van der Waals surface area contributed by atoms with E-state index in [9.17, 15) is 4.79 Å². The first-order chi connectivity index (χ1) is 60.8. The van der Waals surface area contributed by atoms with Gasteiger partial charge in [-0.3, -0.25) is 5.10 Å². The van der Waals surface area contributed by atoms with E-state index in [2.05, 4.69) is 405 Å². The molecule has 1 fully saturated rings. The number of ether oxygens (including phenoxy) is 1. The van der Waals surface area contributed by atoms with Gasteiger partial charge in [0.2, 0.25) is 0 Å². The number of halogens is 3. The summed E-state index contributed by atoms with van der Waals surface area (Å²) in [5, 5.41) is 30.7. The van der Waals surface area contributed by atoms with Crippen molar-refractivity contribution in [3.8, 4) is 11.1 Å². The van der Waals surface area contributed by atoms with Gasteiger partial charge in [0.05, 0.1) is 34.6 Å². The van der Waals surface area contributed by atoms with Crippen molar-refractivity contribution in [2.24, 2.45) is 0 Å². The molecule has 10 nitrogen and oxygen atoms in total. The van der Waals surface area contributed by atoms with E-state index in [0.29, 0.717) is 10.3 Å². The smallest absolute Gasteiger partial charge is 0.442 e. The van der Waals surface area contributed by atoms with Gasteiger partial charge >= 0.3 is 13.2 Å². The maximum Gasteiger partial charge on any atom is 0.498 e. The van der Waals surface area contributed by atoms with E-state index in [1.54, 1.807) is 24.8 Å². The molecule has 1 aliphatic rings. The molecule has 19 heteroatoms. The van der Waals surface area contributed by atoms with Gasteiger partial charge in [-0.2, -0.15) is 14.9 Å². The quantitative estimate of drug-likeness (QED) is 0.0650. The van der Waals surface area contributed by atoms with Crippen LogP contribution in [-0.4, -0.2) is 60.0 Å². The van der Waals surface area contributed by atoms with Crippen LogP contribution in [0.4, 0.5) is 4.79 Å². The van der Waals surface area contributed by atoms with Crippen molar-refractivity contribution in [3.63, 3.8) is 0 Å². The fourth-order valence-electron chi connectivity index (χ4n) is 13.4. The molecule has 4 aromatic heterocycles. The fraction of sp³-hybridized carbons (Fsp3) is 0.102. The molecular weight excluding hydrogens is 1840 g/mol. The molecule has 1 saturated heterocycles. The average Bonchev–Trinajstić information content (AvgIpc) is 1.63. The molecule has 127 heavy (non-hydrogen) atoms. The van der Waals surface area contributed by atoms with Crippen LogP contribution < -0.4 is 69.1 Å². The minimum absolute atomic E-state index is 0. The number of aromatic amines is 1. The first kappa shape index (κ1) is 96.8. The van der Waals surface area contributed by atoms with E-state index in [4.69, 9.17) is 37.2 Å². The Bertz CT molecular complexity index is 5420. The number of hydrogen-bond acceptors (Lipinski definition) is 8. The van der Waals surface area contributed by atoms with E-state index >= 15 is 0 Å². The topological polar surface area (TPSA) is 117 Å². The van der Waals surface area contributed by atoms with Crippen LogP contribution in [0.1, 0.15) is 55.9 Å². The minimum atomic E-state index is -0.526. The van der Waals surface area contributed by atoms with Gasteiger partial charge in [-0.05, 0) is 186 Å². The van der Waals surface area contributed by atoms with Crippen LogP contribution in [0.15, 0.2) is 454 Å². The molecule has 18 aromatic rings. The van der Waals surface area contributed by atoms with Crippen molar-refractivity contribution in [3.05, 3.63) is 464 Å². The number of hydrogen-bond donors (Lipinski definition) is 1. The van der Waals surface area contributed by atoms with Gasteiger partial charge < -0.3 is 14.0 Å². The van der Waals surface area contributed by atoms with Crippen LogP contribution in [0.5, 0.6) is 0 Å². The maximum absolute atomic E-state index is 11.9. The molecule has 1 aliphatic heterocycles. The second-order valence-corrected chi connectivity index (χ2v) is 41.1. The predicted octanol–water partition coefficient (Wildman–Crippen LogP) is 23.3. The molecule has 640 valence electrons. The Morgan fingerprint density at radius 1 is 0.386 bits per heavy atom. The minimum Gasteiger partial charge on any atom is -0.442 e. The number of nitrogens with zero attached hydrogens (tertiary/aromatic N) is 5. The zero-order chi connectivity index (χ0) is 87.2. The van der Waals surface area contributed by atoms with E-state index in [1.807, 2.05) is 109 Å². The van der Waals surface area contributed by atoms with Gasteiger partial charge in [-0.1, -0.05) is 435 Å². The molecule has 0 saturated carbocycles. The standard InChI is InChI=1S/4C18H15P.C12H13BrN2O2.C12H8ClN3.C11H15BClNO2.CH4.Pd/c4*1-4-10-16(11-5-1)19(17-12-6-2-7-13-17)18-14-8-3-9-15-18;1-12(2,3)17-11(16)15-10-6-9(13)5-4-8(10)7-14-15;13-12-10(2-1-5-14-12)8-3-4-9-7-15-16-11(9)6-8;1-10(2)11(3,4)16-12(15-10)8-6-5-7-14-9(8)13;;/h4*1-15H;4-7H,1-3H3;1-7H,(H,15,16);5-7H,1-4H3;1H4;. The summed E-state index contributed by atoms with van der Waals surface area (Å²) in [5.74, 6) is 0. The number of carbonyl (C=O) groups is 1. The largest absolute Gasteiger partial charge is 0.498 e. The summed E-state index contributed by atoms with van der Waals surface area (Å²) < 4.78 is 19.2. The van der Waals surface area contributed by atoms with Crippen LogP contribution >= 0.6 is 70.8 Å². The number of carbonyl (C=O) groups excluding carboxylic acids is 1. The first-order valence-corrected chi connectivity index (χ1v) is 47.9. The third kappa shape index (κ3) is 27.4. The Kier molecular flexibility index (Phi) is 36.9. The van der Waals surface area contributed by atoms with Gasteiger partial charge in [0.1, 0.15) is 15.9 Å². The van der Waals surface area contributed by atoms with Gasteiger partial charge in [-0.25, -0.2) is 14.8 Å². The molecule has 0 atom stereocenters. The number of benzene rings is 14. The Hall–Kier alpha value is -10.8. The first-order valence-electron chi connectivity index (χ1n) is 41.0. The molecule has 0 amide bonds. The summed E-state index contributed by atoms with van der Waals surface area (Å²) in [6.45, 7) is 13.5. The molecule has 5 heterocycles. The molecule has 0 unspecified atom stereocenters. The summed E-state index contributed by atoms with van der Waals surface area (Å²) in [7, 11) is -2.22. The molecular formula is C108H100BBrCl2N6O4P4Pd. The fourth-order valence-corrected chi connectivity index (χ4v) is 23.4. The SMILES string of the molecule is C.CC(C)(C)OC(=O)n1ncc2ccc(Br)cc21.CC1(C)OB(c2cccnc2Cl)OC1(C)C.Clc1ncccc1-c1ccc2cn[nH]c2c1.[Pd].c1ccc(P(c2ccccc2)c2ccccc2)cc1.c1ccc(P(c2ccccc2)c2ccccc2)cc1.c1ccc(P(c2ccccc2)c2ccccc2)cc1.c1ccc(P(c2ccccc2)c2ccccc2)cc1. The third-order valence-electron chi connectivity index (χ3n) is 20.1. The van der Waals surface area contributed by atoms with Crippen molar-refractivity contribution in [2.75, 3.05) is 0 Å². The normalized spacial score (nSPS) is 12.1. The predicted molar refractivity (Wildman–Crippen MR) is 546 cm³/mol. The molecule has 0 radical (unpaired) electrons. The van der Waals surface area contributed by atoms with Gasteiger partial charge in [0.15, 0.2) is 0 Å². The molecule has 14 aromatic carbocycles. The van der Waals surface area contributed by atoms with Crippen LogP contribution in [0, 0.1) is 0 Å². The number of H-pyrrole nitrogens is 1. The van der Waals surface area contributed by atoms with Crippen LogP contribution in [0.25, 0.3) is 32.9 Å². The number of fused-ring (bicyclic) bond motifs is 2. The van der Waals surface area contributed by atoms with Crippen LogP contribution in [0.2, 0.25) is 10.3 Å². The number of rotatable bonds is 14. The summed E-state index contributed by atoms with van der Waals surface area (Å²) in [5.41, 5.74) is 3.25. The molecule has 0 aliphatic carbocycles. The van der Waals surface area contributed by atoms with Crippen molar-refractivity contribution in [1.82, 2.24) is 29.9 Å². The summed E-state index contributed by atoms with van der Waals surface area (Å²) in [6.07, 6.45) is 6.30. The maximum atomic E-state index is 11.9. The van der Waals surface area contributed by atoms with E-state index < -0.39 is 50.5 Å². The van der Waals surface area contributed by atoms with Crippen molar-refractivity contribution in [1.29, 1.82) is 0 Å². The second kappa shape index (κ2) is 48.4. The van der Waals surface area contributed by atoms with Crippen molar-refractivity contribution in [2.45, 2.75) is 72.7 Å². The Morgan fingerprint density at radius 3 is 0.969 bits per heavy atom. The van der Waals surface area contributed by atoms with Crippen molar-refractivity contribution >= 4 is 175 Å². The summed E-state index contributed by atoms with van der Waals surface area (Å²) in [4.78, 5) is 20.0. The zero-order valence-corrected chi connectivity index (χ0v) is 79.1. The zero-order valence-electron chi connectivity index (χ0n) is 70.9.